The van der Waals surface area contributed by atoms with Gasteiger partial charge in [0.1, 0.15) is 0 Å². The smallest absolute Gasteiger partial charge is 0.161 e. The highest BCUT2D eigenvalue weighted by Gasteiger charge is 2.10. The molecule has 5 nitrogen and oxygen atoms in total. The van der Waals surface area contributed by atoms with E-state index in [0.29, 0.717) is 0 Å². The summed E-state index contributed by atoms with van der Waals surface area (Å²) < 4.78 is 22.4. The second-order valence-electron chi connectivity index (χ2n) is 5.52. The lowest BCUT2D eigenvalue weighted by molar-refractivity contribution is -0.120. The predicted molar refractivity (Wildman–Crippen MR) is 112 cm³/mol. The van der Waals surface area contributed by atoms with Gasteiger partial charge in [0, 0.05) is 51.8 Å². The first kappa shape index (κ1) is 25.7. The molecule has 0 aliphatic carbocycles. The van der Waals surface area contributed by atoms with Crippen molar-refractivity contribution in [2.75, 3.05) is 70.7 Å². The van der Waals surface area contributed by atoms with Crippen molar-refractivity contribution in [3.05, 3.63) is 0 Å². The molecule has 0 aromatic heterocycles. The zero-order chi connectivity index (χ0) is 18.8. The molecule has 0 aromatic carbocycles. The highest BCUT2D eigenvalue weighted by Crippen LogP contribution is 2.17. The largest absolute Gasteiger partial charge is 0.353 e. The Hall–Kier alpha value is 0.660. The quantitative estimate of drug-likeness (QED) is 0.190. The van der Waals surface area contributed by atoms with E-state index < -0.39 is 0 Å². The number of nitrogens with zero attached hydrogens (tertiary/aromatic N) is 1. The molecule has 0 saturated heterocycles. The second kappa shape index (κ2) is 19.4. The Bertz CT molecular complexity index is 239. The third-order valence-corrected chi connectivity index (χ3v) is 6.09. The van der Waals surface area contributed by atoms with Crippen LogP contribution in [0.3, 0.4) is 0 Å². The topological polar surface area (TPSA) is 40.2 Å². The molecule has 0 amide bonds. The molecule has 0 N–H and O–H groups in total. The zero-order valence-corrected chi connectivity index (χ0v) is 19.0. The van der Waals surface area contributed by atoms with Crippen LogP contribution in [-0.2, 0) is 18.9 Å². The van der Waals surface area contributed by atoms with Gasteiger partial charge in [-0.05, 0) is 46.6 Å². The first-order chi connectivity index (χ1) is 12.2. The molecule has 7 heteroatoms. The minimum Gasteiger partial charge on any atom is -0.353 e. The van der Waals surface area contributed by atoms with Gasteiger partial charge in [-0.2, -0.15) is 0 Å². The van der Waals surface area contributed by atoms with Crippen molar-refractivity contribution in [3.63, 3.8) is 0 Å². The molecular weight excluding hydrogens is 356 g/mol. The molecule has 0 aromatic rings. The van der Waals surface area contributed by atoms with E-state index in [9.17, 15) is 0 Å². The van der Waals surface area contributed by atoms with Crippen molar-refractivity contribution in [1.82, 2.24) is 4.90 Å². The van der Waals surface area contributed by atoms with Gasteiger partial charge in [0.15, 0.2) is 12.6 Å². The first-order valence-electron chi connectivity index (χ1n) is 9.81. The summed E-state index contributed by atoms with van der Waals surface area (Å²) in [6, 6.07) is 0. The summed E-state index contributed by atoms with van der Waals surface area (Å²) in [6.45, 7) is 16.7. The summed E-state index contributed by atoms with van der Waals surface area (Å²) in [5.41, 5.74) is 0. The summed E-state index contributed by atoms with van der Waals surface area (Å²) in [7, 11) is 1.80. The van der Waals surface area contributed by atoms with Crippen molar-refractivity contribution in [2.24, 2.45) is 0 Å². The molecule has 25 heavy (non-hydrogen) atoms. The predicted octanol–water partition coefficient (Wildman–Crippen LogP) is 3.46. The van der Waals surface area contributed by atoms with Crippen LogP contribution >= 0.6 is 17.2 Å². The van der Waals surface area contributed by atoms with Crippen LogP contribution in [0.25, 0.3) is 0 Å². The monoisotopic (exact) mass is 397 g/mol. The fourth-order valence-corrected chi connectivity index (χ4v) is 4.72. The van der Waals surface area contributed by atoms with Gasteiger partial charge in [-0.25, -0.2) is 0 Å². The van der Waals surface area contributed by atoms with Gasteiger partial charge >= 0.3 is 0 Å². The molecule has 0 rings (SSSR count). The van der Waals surface area contributed by atoms with E-state index in [1.165, 1.54) is 25.4 Å². The van der Waals surface area contributed by atoms with Crippen LogP contribution in [0.1, 0.15) is 34.6 Å². The minimum atomic E-state index is -0.0149. The van der Waals surface area contributed by atoms with E-state index in [2.05, 4.69) is 11.8 Å². The van der Waals surface area contributed by atoms with Gasteiger partial charge in [0.05, 0.1) is 0 Å². The molecule has 0 aliphatic rings. The lowest BCUT2D eigenvalue weighted by atomic mass is 10.5. The number of hydrogen-bond donors (Lipinski definition) is 0. The Labute approximate surface area is 159 Å². The van der Waals surface area contributed by atoms with Crippen LogP contribution in [0, 0.1) is 0 Å². The van der Waals surface area contributed by atoms with Gasteiger partial charge in [-0.15, -0.1) is 17.2 Å². The van der Waals surface area contributed by atoms with Gasteiger partial charge in [0.2, 0.25) is 0 Å². The van der Waals surface area contributed by atoms with E-state index in [1.807, 2.05) is 27.7 Å². The van der Waals surface area contributed by atoms with Crippen LogP contribution in [0.2, 0.25) is 0 Å². The van der Waals surface area contributed by atoms with E-state index >= 15 is 0 Å². The highest BCUT2D eigenvalue weighted by atomic mass is 31.1. The lowest BCUT2D eigenvalue weighted by Gasteiger charge is -2.22. The lowest BCUT2D eigenvalue weighted by Crippen LogP contribution is -2.29. The van der Waals surface area contributed by atoms with E-state index in [1.54, 1.807) is 0 Å². The zero-order valence-electron chi connectivity index (χ0n) is 17.0. The van der Waals surface area contributed by atoms with Crippen molar-refractivity contribution in [2.45, 2.75) is 47.2 Å². The van der Waals surface area contributed by atoms with Crippen molar-refractivity contribution in [3.8, 4) is 0 Å². The Morgan fingerprint density at radius 1 is 0.640 bits per heavy atom. The van der Waals surface area contributed by atoms with Gasteiger partial charge in [0.25, 0.3) is 0 Å². The van der Waals surface area contributed by atoms with Crippen LogP contribution in [0.4, 0.5) is 0 Å². The third-order valence-electron chi connectivity index (χ3n) is 3.69. The molecule has 0 fully saturated rings. The maximum atomic E-state index is 5.61. The fourth-order valence-electron chi connectivity index (χ4n) is 2.42. The average molecular weight is 397 g/mol. The molecule has 0 heterocycles. The Morgan fingerprint density at radius 2 is 1.00 bits per heavy atom. The van der Waals surface area contributed by atoms with Crippen LogP contribution in [0.15, 0.2) is 0 Å². The molecule has 0 saturated carbocycles. The first-order valence-corrected chi connectivity index (χ1v) is 12.6. The fraction of sp³-hybridized carbons (Fsp3) is 1.00. The van der Waals surface area contributed by atoms with Crippen LogP contribution < -0.4 is 0 Å². The van der Waals surface area contributed by atoms with Gasteiger partial charge in [-0.1, -0.05) is 6.92 Å². The molecule has 0 aliphatic heterocycles. The maximum Gasteiger partial charge on any atom is 0.161 e. The Morgan fingerprint density at radius 3 is 1.28 bits per heavy atom. The molecular formula is C18H41NO4P2. The van der Waals surface area contributed by atoms with Crippen LogP contribution in [0.5, 0.6) is 0 Å². The maximum absolute atomic E-state index is 5.61. The summed E-state index contributed by atoms with van der Waals surface area (Å²) in [5, 5.41) is 0. The highest BCUT2D eigenvalue weighted by molar-refractivity contribution is 7.38. The number of hydrogen-bond acceptors (Lipinski definition) is 5. The van der Waals surface area contributed by atoms with Gasteiger partial charge < -0.3 is 23.8 Å². The van der Waals surface area contributed by atoms with Gasteiger partial charge in [-0.3, -0.25) is 0 Å². The van der Waals surface area contributed by atoms with Crippen molar-refractivity contribution >= 4 is 17.2 Å². The molecule has 0 radical (unpaired) electrons. The van der Waals surface area contributed by atoms with E-state index in [4.69, 9.17) is 18.9 Å². The SMILES string of the molecule is CCOC(CPCCN(CC)CCPCC(OCC)OCC)OCC. The summed E-state index contributed by atoms with van der Waals surface area (Å²) in [6.07, 6.45) is 4.47. The minimum absolute atomic E-state index is 0.0149. The average Bonchev–Trinajstić information content (AvgIpc) is 2.60. The third kappa shape index (κ3) is 15.4. The normalized spacial score (nSPS) is 13.0. The number of ether oxygens (including phenoxy) is 4. The standard InChI is InChI=1S/C18H41NO4P2/c1-6-19(11-13-24-15-17(20-7-2)21-8-3)12-14-25-16-18(22-9-4)23-10-5/h17-18,24-25H,6-16H2,1-5H3. The molecule has 0 bridgehead atoms. The Balaban J connectivity index is 3.80. The van der Waals surface area contributed by atoms with Crippen LogP contribution in [-0.4, -0.2) is 88.2 Å². The molecule has 2 unspecified atom stereocenters. The van der Waals surface area contributed by atoms with E-state index in [0.717, 1.165) is 62.5 Å². The molecule has 2 atom stereocenters. The molecule has 152 valence electrons. The second-order valence-corrected chi connectivity index (χ2v) is 8.34. The summed E-state index contributed by atoms with van der Waals surface area (Å²) >= 11 is 0. The Kier molecular flexibility index (Phi) is 19.9. The summed E-state index contributed by atoms with van der Waals surface area (Å²) in [4.78, 5) is 2.55. The van der Waals surface area contributed by atoms with Crippen molar-refractivity contribution < 1.29 is 18.9 Å². The summed E-state index contributed by atoms with van der Waals surface area (Å²) in [5.74, 6) is 0. The molecule has 0 spiro atoms. The van der Waals surface area contributed by atoms with E-state index in [-0.39, 0.29) is 12.6 Å². The van der Waals surface area contributed by atoms with Crippen molar-refractivity contribution in [1.29, 1.82) is 0 Å². The number of rotatable bonds is 19.